The molecule has 1 fully saturated rings. The van der Waals surface area contributed by atoms with Crippen molar-refractivity contribution in [1.29, 1.82) is 0 Å². The zero-order valence-corrected chi connectivity index (χ0v) is 14.2. The van der Waals surface area contributed by atoms with E-state index >= 15 is 0 Å². The van der Waals surface area contributed by atoms with Gasteiger partial charge in [-0.05, 0) is 37.1 Å². The lowest BCUT2D eigenvalue weighted by molar-refractivity contribution is -0.141. The van der Waals surface area contributed by atoms with Gasteiger partial charge in [0, 0.05) is 31.4 Å². The third kappa shape index (κ3) is 2.86. The maximum Gasteiger partial charge on any atom is 0.308 e. The average Bonchev–Trinajstić information content (AvgIpc) is 2.99. The van der Waals surface area contributed by atoms with Crippen molar-refractivity contribution < 1.29 is 9.90 Å². The van der Waals surface area contributed by atoms with Crippen LogP contribution in [0.3, 0.4) is 0 Å². The average molecular weight is 335 g/mol. The molecule has 25 heavy (non-hydrogen) atoms. The Morgan fingerprint density at radius 1 is 1.20 bits per heavy atom. The van der Waals surface area contributed by atoms with Crippen molar-refractivity contribution in [2.45, 2.75) is 12.8 Å². The van der Waals surface area contributed by atoms with Gasteiger partial charge in [-0.2, -0.15) is 0 Å². The van der Waals surface area contributed by atoms with Crippen molar-refractivity contribution >= 4 is 22.7 Å². The molecule has 2 aromatic carbocycles. The molecule has 0 bridgehead atoms. The molecular formula is C20H21N3O2. The van der Waals surface area contributed by atoms with Crippen LogP contribution in [0.4, 0.5) is 5.69 Å². The molecule has 0 saturated carbocycles. The predicted molar refractivity (Wildman–Crippen MR) is 98.7 cm³/mol. The van der Waals surface area contributed by atoms with E-state index in [2.05, 4.69) is 33.7 Å². The van der Waals surface area contributed by atoms with Gasteiger partial charge in [0.15, 0.2) is 0 Å². The fourth-order valence-corrected chi connectivity index (χ4v) is 3.66. The number of aromatic nitrogens is 2. The molecule has 1 aliphatic rings. The first-order chi connectivity index (χ1) is 12.1. The number of piperidine rings is 1. The molecule has 3 aromatic rings. The summed E-state index contributed by atoms with van der Waals surface area (Å²) in [6.45, 7) is 1.47. The van der Waals surface area contributed by atoms with Crippen LogP contribution in [0.2, 0.25) is 0 Å². The van der Waals surface area contributed by atoms with E-state index in [4.69, 9.17) is 4.98 Å². The van der Waals surface area contributed by atoms with E-state index in [1.54, 1.807) is 0 Å². The normalized spacial score (nSPS) is 17.8. The van der Waals surface area contributed by atoms with Crippen LogP contribution in [-0.2, 0) is 11.8 Å². The number of carboxylic acids is 1. The standard InChI is InChI=1S/C20H21N3O2/c1-22-18-10-3-2-9-17(18)21-19(22)14-6-4-8-16(12-14)23-11-5-7-15(13-23)20(24)25/h2-4,6,8-10,12,15H,5,7,11,13H2,1H3,(H,24,25)/t15-/m0/s1. The third-order valence-corrected chi connectivity index (χ3v) is 5.03. The number of nitrogens with zero attached hydrogens (tertiary/aromatic N) is 3. The van der Waals surface area contributed by atoms with Crippen molar-refractivity contribution in [3.63, 3.8) is 0 Å². The number of rotatable bonds is 3. The van der Waals surface area contributed by atoms with E-state index in [1.807, 2.05) is 31.3 Å². The molecule has 0 radical (unpaired) electrons. The van der Waals surface area contributed by atoms with Gasteiger partial charge in [0.05, 0.1) is 17.0 Å². The van der Waals surface area contributed by atoms with Gasteiger partial charge in [0.25, 0.3) is 0 Å². The summed E-state index contributed by atoms with van der Waals surface area (Å²) in [4.78, 5) is 18.3. The van der Waals surface area contributed by atoms with Crippen LogP contribution in [0.25, 0.3) is 22.4 Å². The highest BCUT2D eigenvalue weighted by atomic mass is 16.4. The quantitative estimate of drug-likeness (QED) is 0.795. The smallest absolute Gasteiger partial charge is 0.308 e. The van der Waals surface area contributed by atoms with E-state index in [9.17, 15) is 9.90 Å². The van der Waals surface area contributed by atoms with Gasteiger partial charge < -0.3 is 14.6 Å². The first-order valence-electron chi connectivity index (χ1n) is 8.63. The Bertz CT molecular complexity index is 932. The third-order valence-electron chi connectivity index (χ3n) is 5.03. The van der Waals surface area contributed by atoms with Crippen molar-refractivity contribution in [1.82, 2.24) is 9.55 Å². The number of anilines is 1. The van der Waals surface area contributed by atoms with Gasteiger partial charge >= 0.3 is 5.97 Å². The molecular weight excluding hydrogens is 314 g/mol. The number of aliphatic carboxylic acids is 1. The number of carbonyl (C=O) groups is 1. The Hall–Kier alpha value is -2.82. The van der Waals surface area contributed by atoms with Crippen molar-refractivity contribution in [3.05, 3.63) is 48.5 Å². The largest absolute Gasteiger partial charge is 0.481 e. The molecule has 1 aliphatic heterocycles. The number of benzene rings is 2. The summed E-state index contributed by atoms with van der Waals surface area (Å²) in [6, 6.07) is 16.3. The van der Waals surface area contributed by atoms with Crippen molar-refractivity contribution in [3.8, 4) is 11.4 Å². The molecule has 4 rings (SSSR count). The second kappa shape index (κ2) is 6.24. The Morgan fingerprint density at radius 2 is 2.04 bits per heavy atom. The molecule has 5 nitrogen and oxygen atoms in total. The Kier molecular flexibility index (Phi) is 3.92. The minimum absolute atomic E-state index is 0.284. The highest BCUT2D eigenvalue weighted by Gasteiger charge is 2.25. The Balaban J connectivity index is 1.69. The molecule has 128 valence electrons. The molecule has 0 spiro atoms. The first kappa shape index (κ1) is 15.7. The second-order valence-corrected chi connectivity index (χ2v) is 6.66. The van der Waals surface area contributed by atoms with Crippen LogP contribution in [-0.4, -0.2) is 33.7 Å². The maximum atomic E-state index is 11.3. The van der Waals surface area contributed by atoms with E-state index in [0.29, 0.717) is 6.54 Å². The molecule has 1 atom stereocenters. The summed E-state index contributed by atoms with van der Waals surface area (Å²) >= 11 is 0. The summed E-state index contributed by atoms with van der Waals surface area (Å²) in [7, 11) is 2.03. The molecule has 5 heteroatoms. The monoisotopic (exact) mass is 335 g/mol. The topological polar surface area (TPSA) is 58.4 Å². The van der Waals surface area contributed by atoms with Gasteiger partial charge in [-0.15, -0.1) is 0 Å². The van der Waals surface area contributed by atoms with Gasteiger partial charge in [-0.1, -0.05) is 24.3 Å². The van der Waals surface area contributed by atoms with Crippen molar-refractivity contribution in [2.24, 2.45) is 13.0 Å². The molecule has 0 unspecified atom stereocenters. The number of imidazole rings is 1. The Labute approximate surface area is 146 Å². The molecule has 1 aromatic heterocycles. The maximum absolute atomic E-state index is 11.3. The summed E-state index contributed by atoms with van der Waals surface area (Å²) < 4.78 is 2.10. The van der Waals surface area contributed by atoms with Crippen molar-refractivity contribution in [2.75, 3.05) is 18.0 Å². The lowest BCUT2D eigenvalue weighted by Gasteiger charge is -2.32. The van der Waals surface area contributed by atoms with Crippen LogP contribution in [0.1, 0.15) is 12.8 Å². The second-order valence-electron chi connectivity index (χ2n) is 6.66. The molecule has 0 amide bonds. The summed E-state index contributed by atoms with van der Waals surface area (Å²) in [6.07, 6.45) is 1.67. The van der Waals surface area contributed by atoms with Crippen LogP contribution >= 0.6 is 0 Å². The van der Waals surface area contributed by atoms with Gasteiger partial charge in [-0.25, -0.2) is 4.98 Å². The number of fused-ring (bicyclic) bond motifs is 1. The van der Waals surface area contributed by atoms with Crippen LogP contribution in [0, 0.1) is 5.92 Å². The highest BCUT2D eigenvalue weighted by Crippen LogP contribution is 2.29. The number of hydrogen-bond acceptors (Lipinski definition) is 3. The van der Waals surface area contributed by atoms with E-state index in [1.165, 1.54) is 0 Å². The molecule has 1 saturated heterocycles. The van der Waals surface area contributed by atoms with Crippen LogP contribution in [0.15, 0.2) is 48.5 Å². The zero-order chi connectivity index (χ0) is 17.4. The van der Waals surface area contributed by atoms with Gasteiger partial charge in [0.1, 0.15) is 5.82 Å². The molecule has 2 heterocycles. The summed E-state index contributed by atoms with van der Waals surface area (Å²) in [5.41, 5.74) is 4.20. The van der Waals surface area contributed by atoms with Crippen LogP contribution in [0.5, 0.6) is 0 Å². The lowest BCUT2D eigenvalue weighted by Crippen LogP contribution is -2.38. The minimum atomic E-state index is -0.698. The minimum Gasteiger partial charge on any atom is -0.481 e. The number of hydrogen-bond donors (Lipinski definition) is 1. The number of carboxylic acid groups (broad SMARTS) is 1. The fourth-order valence-electron chi connectivity index (χ4n) is 3.66. The van der Waals surface area contributed by atoms with E-state index in [-0.39, 0.29) is 5.92 Å². The van der Waals surface area contributed by atoms with E-state index in [0.717, 1.165) is 47.5 Å². The zero-order valence-electron chi connectivity index (χ0n) is 14.2. The molecule has 0 aliphatic carbocycles. The van der Waals surface area contributed by atoms with Gasteiger partial charge in [0.2, 0.25) is 0 Å². The SMILES string of the molecule is Cn1c(-c2cccc(N3CCC[C@H](C(=O)O)C3)c2)nc2ccccc21. The van der Waals surface area contributed by atoms with E-state index < -0.39 is 5.97 Å². The predicted octanol–water partition coefficient (Wildman–Crippen LogP) is 3.54. The van der Waals surface area contributed by atoms with Crippen LogP contribution < -0.4 is 4.90 Å². The first-order valence-corrected chi connectivity index (χ1v) is 8.63. The lowest BCUT2D eigenvalue weighted by atomic mass is 9.97. The fraction of sp³-hybridized carbons (Fsp3) is 0.300. The highest BCUT2D eigenvalue weighted by molar-refractivity contribution is 5.81. The number of para-hydroxylation sites is 2. The summed E-state index contributed by atoms with van der Waals surface area (Å²) in [5.74, 6) is -0.0563. The number of aryl methyl sites for hydroxylation is 1. The van der Waals surface area contributed by atoms with Gasteiger partial charge in [-0.3, -0.25) is 4.79 Å². The Morgan fingerprint density at radius 3 is 2.84 bits per heavy atom. The molecule has 1 N–H and O–H groups in total. The summed E-state index contributed by atoms with van der Waals surface area (Å²) in [5, 5.41) is 9.31.